The van der Waals surface area contributed by atoms with Crippen LogP contribution in [0.4, 0.5) is 0 Å². The van der Waals surface area contributed by atoms with E-state index in [0.717, 1.165) is 11.5 Å². The second-order valence-corrected chi connectivity index (χ2v) is 4.26. The molecule has 1 amide bonds. The largest absolute Gasteiger partial charge is 0.464 e. The molecule has 3 nitrogen and oxygen atoms in total. The summed E-state index contributed by atoms with van der Waals surface area (Å²) >= 11 is 11.0. The molecule has 0 N–H and O–H groups in total. The van der Waals surface area contributed by atoms with Gasteiger partial charge in [0, 0.05) is 6.54 Å². The maximum atomic E-state index is 11.5. The Morgan fingerprint density at radius 1 is 1.53 bits per heavy atom. The third-order valence-electron chi connectivity index (χ3n) is 2.02. The second kappa shape index (κ2) is 5.42. The lowest BCUT2D eigenvalue weighted by molar-refractivity contribution is -0.130. The van der Waals surface area contributed by atoms with Crippen LogP contribution >= 0.6 is 23.2 Å². The summed E-state index contributed by atoms with van der Waals surface area (Å²) in [6.07, 6.45) is 0. The van der Waals surface area contributed by atoms with E-state index >= 15 is 0 Å². The minimum Gasteiger partial charge on any atom is -0.464 e. The lowest BCUT2D eigenvalue weighted by Gasteiger charge is -2.19. The van der Waals surface area contributed by atoms with Crippen LogP contribution in [0.1, 0.15) is 18.4 Å². The Balaban J connectivity index is 2.65. The molecule has 5 heteroatoms. The highest BCUT2D eigenvalue weighted by molar-refractivity contribution is 6.53. The van der Waals surface area contributed by atoms with Gasteiger partial charge in [0.05, 0.1) is 6.54 Å². The van der Waals surface area contributed by atoms with Crippen molar-refractivity contribution in [2.75, 3.05) is 6.54 Å². The summed E-state index contributed by atoms with van der Waals surface area (Å²) in [5, 5.41) is 0. The Labute approximate surface area is 98.9 Å². The Hall–Kier alpha value is -0.670. The van der Waals surface area contributed by atoms with Crippen LogP contribution in [-0.2, 0) is 11.3 Å². The number of furan rings is 1. The van der Waals surface area contributed by atoms with Crippen molar-refractivity contribution in [3.05, 3.63) is 23.7 Å². The molecule has 1 aromatic rings. The number of aryl methyl sites for hydroxylation is 1. The Morgan fingerprint density at radius 3 is 2.60 bits per heavy atom. The number of hydrogen-bond acceptors (Lipinski definition) is 2. The molecule has 84 valence electrons. The summed E-state index contributed by atoms with van der Waals surface area (Å²) in [5.41, 5.74) is 0. The van der Waals surface area contributed by atoms with E-state index in [0.29, 0.717) is 13.1 Å². The van der Waals surface area contributed by atoms with Gasteiger partial charge in [0.2, 0.25) is 0 Å². The van der Waals surface area contributed by atoms with E-state index < -0.39 is 4.84 Å². The van der Waals surface area contributed by atoms with Gasteiger partial charge in [0.1, 0.15) is 11.5 Å². The third-order valence-corrected chi connectivity index (χ3v) is 2.40. The predicted molar refractivity (Wildman–Crippen MR) is 60.0 cm³/mol. The summed E-state index contributed by atoms with van der Waals surface area (Å²) in [6.45, 7) is 4.67. The van der Waals surface area contributed by atoms with Gasteiger partial charge in [-0.2, -0.15) is 0 Å². The van der Waals surface area contributed by atoms with Crippen LogP contribution in [-0.4, -0.2) is 22.2 Å². The van der Waals surface area contributed by atoms with Gasteiger partial charge in [-0.25, -0.2) is 0 Å². The van der Waals surface area contributed by atoms with Crippen molar-refractivity contribution in [3.63, 3.8) is 0 Å². The Morgan fingerprint density at radius 2 is 2.20 bits per heavy atom. The number of halogens is 2. The summed E-state index contributed by atoms with van der Waals surface area (Å²) < 4.78 is 5.37. The fourth-order valence-electron chi connectivity index (χ4n) is 1.24. The molecule has 0 aromatic carbocycles. The normalized spacial score (nSPS) is 10.7. The van der Waals surface area contributed by atoms with Gasteiger partial charge in [-0.05, 0) is 26.0 Å². The van der Waals surface area contributed by atoms with Gasteiger partial charge in [-0.1, -0.05) is 23.2 Å². The van der Waals surface area contributed by atoms with E-state index in [1.807, 2.05) is 26.0 Å². The smallest absolute Gasteiger partial charge is 0.256 e. The average molecular weight is 250 g/mol. The number of rotatable bonds is 4. The highest BCUT2D eigenvalue weighted by Crippen LogP contribution is 2.13. The van der Waals surface area contributed by atoms with Crippen molar-refractivity contribution in [3.8, 4) is 0 Å². The van der Waals surface area contributed by atoms with Crippen molar-refractivity contribution in [2.45, 2.75) is 25.2 Å². The van der Waals surface area contributed by atoms with Crippen molar-refractivity contribution in [1.82, 2.24) is 4.90 Å². The molecule has 0 aliphatic rings. The molecule has 0 saturated carbocycles. The lowest BCUT2D eigenvalue weighted by Crippen LogP contribution is -2.34. The molecular formula is C10H13Cl2NO2. The van der Waals surface area contributed by atoms with Gasteiger partial charge >= 0.3 is 0 Å². The zero-order chi connectivity index (χ0) is 11.4. The standard InChI is InChI=1S/C10H13Cl2NO2/c1-3-13(10(14)9(11)12)6-8-5-4-7(2)15-8/h4-5,9H,3,6H2,1-2H3. The molecule has 1 rings (SSSR count). The zero-order valence-electron chi connectivity index (χ0n) is 8.67. The fraction of sp³-hybridized carbons (Fsp3) is 0.500. The fourth-order valence-corrected chi connectivity index (χ4v) is 1.52. The Kier molecular flexibility index (Phi) is 4.48. The van der Waals surface area contributed by atoms with Crippen molar-refractivity contribution >= 4 is 29.1 Å². The number of carbonyl (C=O) groups is 1. The van der Waals surface area contributed by atoms with Crippen molar-refractivity contribution < 1.29 is 9.21 Å². The molecule has 0 spiro atoms. The number of carbonyl (C=O) groups excluding carboxylic acids is 1. The third kappa shape index (κ3) is 3.43. The van der Waals surface area contributed by atoms with Crippen molar-refractivity contribution in [1.29, 1.82) is 0 Å². The monoisotopic (exact) mass is 249 g/mol. The highest BCUT2D eigenvalue weighted by Gasteiger charge is 2.19. The first-order chi connectivity index (χ1) is 7.04. The van der Waals surface area contributed by atoms with Crippen LogP contribution in [0.25, 0.3) is 0 Å². The van der Waals surface area contributed by atoms with Gasteiger partial charge in [0.25, 0.3) is 5.91 Å². The van der Waals surface area contributed by atoms with Gasteiger partial charge < -0.3 is 9.32 Å². The minimum atomic E-state index is -1.01. The SMILES string of the molecule is CCN(Cc1ccc(C)o1)C(=O)C(Cl)Cl. The topological polar surface area (TPSA) is 33.5 Å². The molecule has 1 aromatic heterocycles. The molecule has 15 heavy (non-hydrogen) atoms. The summed E-state index contributed by atoms with van der Waals surface area (Å²) in [7, 11) is 0. The van der Waals surface area contributed by atoms with E-state index in [-0.39, 0.29) is 5.91 Å². The van der Waals surface area contributed by atoms with E-state index in [9.17, 15) is 4.79 Å². The van der Waals surface area contributed by atoms with Crippen molar-refractivity contribution in [2.24, 2.45) is 0 Å². The van der Waals surface area contributed by atoms with Crippen LogP contribution in [0.2, 0.25) is 0 Å². The number of nitrogens with zero attached hydrogens (tertiary/aromatic N) is 1. The molecule has 0 atom stereocenters. The van der Waals surface area contributed by atoms with Crippen LogP contribution in [0.5, 0.6) is 0 Å². The number of alkyl halides is 2. The van der Waals surface area contributed by atoms with Crippen LogP contribution < -0.4 is 0 Å². The maximum absolute atomic E-state index is 11.5. The number of amides is 1. The quantitative estimate of drug-likeness (QED) is 0.770. The Bertz CT molecular complexity index is 336. The molecule has 0 saturated heterocycles. The van der Waals surface area contributed by atoms with E-state index in [1.165, 1.54) is 0 Å². The molecule has 0 aliphatic carbocycles. The molecule has 1 heterocycles. The molecule has 0 bridgehead atoms. The van der Waals surface area contributed by atoms with E-state index in [2.05, 4.69) is 0 Å². The second-order valence-electron chi connectivity index (χ2n) is 3.17. The summed E-state index contributed by atoms with van der Waals surface area (Å²) in [5.74, 6) is 1.26. The zero-order valence-corrected chi connectivity index (χ0v) is 10.2. The first-order valence-electron chi connectivity index (χ1n) is 4.66. The predicted octanol–water partition coefficient (Wildman–Crippen LogP) is 2.74. The summed E-state index contributed by atoms with van der Waals surface area (Å²) in [6, 6.07) is 3.69. The lowest BCUT2D eigenvalue weighted by atomic mass is 10.4. The van der Waals surface area contributed by atoms with E-state index in [1.54, 1.807) is 4.90 Å². The van der Waals surface area contributed by atoms with Crippen LogP contribution in [0.3, 0.4) is 0 Å². The minimum absolute atomic E-state index is 0.296. The van der Waals surface area contributed by atoms with Gasteiger partial charge in [-0.15, -0.1) is 0 Å². The maximum Gasteiger partial charge on any atom is 0.256 e. The van der Waals surface area contributed by atoms with E-state index in [4.69, 9.17) is 27.6 Å². The first-order valence-corrected chi connectivity index (χ1v) is 5.54. The average Bonchev–Trinajstić information content (AvgIpc) is 2.59. The molecule has 0 aliphatic heterocycles. The first kappa shape index (κ1) is 12.4. The molecule has 0 unspecified atom stereocenters. The van der Waals surface area contributed by atoms with Crippen LogP contribution in [0, 0.1) is 6.92 Å². The van der Waals surface area contributed by atoms with Gasteiger partial charge in [-0.3, -0.25) is 4.79 Å². The van der Waals surface area contributed by atoms with Gasteiger partial charge in [0.15, 0.2) is 4.84 Å². The van der Waals surface area contributed by atoms with Crippen LogP contribution in [0.15, 0.2) is 16.5 Å². The molecule has 0 fully saturated rings. The molecular weight excluding hydrogens is 237 g/mol. The summed E-state index contributed by atoms with van der Waals surface area (Å²) in [4.78, 5) is 12.0. The number of hydrogen-bond donors (Lipinski definition) is 0. The highest BCUT2D eigenvalue weighted by atomic mass is 35.5. The molecule has 0 radical (unpaired) electrons.